The van der Waals surface area contributed by atoms with E-state index in [2.05, 4.69) is 0 Å². The summed E-state index contributed by atoms with van der Waals surface area (Å²) in [6, 6.07) is 10.5. The number of hydrogen-bond acceptors (Lipinski definition) is 2. The lowest BCUT2D eigenvalue weighted by atomic mass is 10.0. The first kappa shape index (κ1) is 13.2. The monoisotopic (exact) mass is 262 g/mol. The Balaban J connectivity index is 2.23. The summed E-state index contributed by atoms with van der Waals surface area (Å²) in [5.41, 5.74) is 0.454. The van der Waals surface area contributed by atoms with Crippen LogP contribution in [0.25, 0.3) is 0 Å². The summed E-state index contributed by atoms with van der Waals surface area (Å²) >= 11 is 0. The molecule has 0 atom stereocenters. The summed E-state index contributed by atoms with van der Waals surface area (Å²) in [6.45, 7) is 0. The largest absolute Gasteiger partial charge is 0.497 e. The van der Waals surface area contributed by atoms with Crippen molar-refractivity contribution in [2.24, 2.45) is 0 Å². The predicted molar refractivity (Wildman–Crippen MR) is 67.4 cm³/mol. The number of halogens is 2. The molecule has 2 rings (SSSR count). The molecule has 0 heterocycles. The molecule has 0 amide bonds. The molecular weight excluding hydrogens is 250 g/mol. The van der Waals surface area contributed by atoms with Crippen molar-refractivity contribution in [2.45, 2.75) is 6.42 Å². The van der Waals surface area contributed by atoms with Crippen LogP contribution >= 0.6 is 0 Å². The Morgan fingerprint density at radius 1 is 1.16 bits per heavy atom. The molecule has 98 valence electrons. The summed E-state index contributed by atoms with van der Waals surface area (Å²) in [7, 11) is 1.52. The molecule has 0 N–H and O–H groups in total. The molecule has 2 aromatic rings. The van der Waals surface area contributed by atoms with E-state index in [-0.39, 0.29) is 12.0 Å². The van der Waals surface area contributed by atoms with Gasteiger partial charge in [-0.2, -0.15) is 0 Å². The molecule has 0 aliphatic heterocycles. The van der Waals surface area contributed by atoms with Crippen molar-refractivity contribution in [1.82, 2.24) is 0 Å². The van der Waals surface area contributed by atoms with E-state index >= 15 is 0 Å². The molecule has 19 heavy (non-hydrogen) atoms. The van der Waals surface area contributed by atoms with Crippen LogP contribution in [0, 0.1) is 11.6 Å². The zero-order chi connectivity index (χ0) is 13.8. The lowest BCUT2D eigenvalue weighted by Gasteiger charge is -2.05. The molecule has 0 aromatic heterocycles. The van der Waals surface area contributed by atoms with Gasteiger partial charge in [0.05, 0.1) is 12.7 Å². The predicted octanol–water partition coefficient (Wildman–Crippen LogP) is 3.40. The molecule has 0 aliphatic rings. The fourth-order valence-corrected chi connectivity index (χ4v) is 1.78. The van der Waals surface area contributed by atoms with Gasteiger partial charge in [0.2, 0.25) is 0 Å². The molecule has 0 spiro atoms. The van der Waals surface area contributed by atoms with Crippen molar-refractivity contribution in [3.8, 4) is 5.75 Å². The first-order valence-corrected chi connectivity index (χ1v) is 5.72. The van der Waals surface area contributed by atoms with Gasteiger partial charge in [0.25, 0.3) is 0 Å². The minimum atomic E-state index is -1.10. The maximum Gasteiger partial charge on any atom is 0.170 e. The van der Waals surface area contributed by atoms with Crippen molar-refractivity contribution in [1.29, 1.82) is 0 Å². The smallest absolute Gasteiger partial charge is 0.170 e. The van der Waals surface area contributed by atoms with Gasteiger partial charge in [-0.15, -0.1) is 0 Å². The Morgan fingerprint density at radius 3 is 2.63 bits per heavy atom. The standard InChI is InChI=1S/C15H12F2O2/c1-19-11-5-2-4-10(8-11)9-14(18)12-6-3-7-13(16)15(12)17/h2-8H,9H2,1H3. The molecule has 0 aliphatic carbocycles. The Bertz CT molecular complexity index is 609. The van der Waals surface area contributed by atoms with Crippen LogP contribution in [0.4, 0.5) is 8.78 Å². The molecule has 0 saturated heterocycles. The van der Waals surface area contributed by atoms with Crippen LogP contribution in [0.2, 0.25) is 0 Å². The van der Waals surface area contributed by atoms with E-state index in [1.54, 1.807) is 24.3 Å². The average molecular weight is 262 g/mol. The van der Waals surface area contributed by atoms with Crippen LogP contribution in [0.3, 0.4) is 0 Å². The Kier molecular flexibility index (Phi) is 3.90. The van der Waals surface area contributed by atoms with Gasteiger partial charge in [0.15, 0.2) is 17.4 Å². The number of ketones is 1. The van der Waals surface area contributed by atoms with E-state index in [0.717, 1.165) is 6.07 Å². The number of benzene rings is 2. The molecule has 0 unspecified atom stereocenters. The SMILES string of the molecule is COc1cccc(CC(=O)c2cccc(F)c2F)c1. The van der Waals surface area contributed by atoms with Gasteiger partial charge < -0.3 is 4.74 Å². The van der Waals surface area contributed by atoms with Crippen LogP contribution < -0.4 is 4.74 Å². The zero-order valence-electron chi connectivity index (χ0n) is 10.3. The number of Topliss-reactive ketones (excluding diaryl/α,β-unsaturated/α-hetero) is 1. The van der Waals surface area contributed by atoms with Gasteiger partial charge in [-0.05, 0) is 29.8 Å². The quantitative estimate of drug-likeness (QED) is 0.789. The van der Waals surface area contributed by atoms with Gasteiger partial charge in [-0.3, -0.25) is 4.79 Å². The Hall–Kier alpha value is -2.23. The van der Waals surface area contributed by atoms with Crippen LogP contribution in [0.5, 0.6) is 5.75 Å². The van der Waals surface area contributed by atoms with E-state index in [4.69, 9.17) is 4.74 Å². The van der Waals surface area contributed by atoms with Crippen molar-refractivity contribution in [2.75, 3.05) is 7.11 Å². The highest BCUT2D eigenvalue weighted by atomic mass is 19.2. The van der Waals surface area contributed by atoms with E-state index in [0.29, 0.717) is 11.3 Å². The second kappa shape index (κ2) is 5.61. The van der Waals surface area contributed by atoms with Crippen LogP contribution in [0.1, 0.15) is 15.9 Å². The highest BCUT2D eigenvalue weighted by molar-refractivity contribution is 5.97. The molecule has 0 saturated carbocycles. The summed E-state index contributed by atoms with van der Waals surface area (Å²) < 4.78 is 31.6. The first-order chi connectivity index (χ1) is 9.11. The molecule has 0 fully saturated rings. The summed E-state index contributed by atoms with van der Waals surface area (Å²) in [5.74, 6) is -1.97. The summed E-state index contributed by atoms with van der Waals surface area (Å²) in [5, 5.41) is 0. The minimum absolute atomic E-state index is 0.00241. The second-order valence-electron chi connectivity index (χ2n) is 4.05. The average Bonchev–Trinajstić information content (AvgIpc) is 2.42. The second-order valence-corrected chi connectivity index (χ2v) is 4.05. The molecule has 4 heteroatoms. The topological polar surface area (TPSA) is 26.3 Å². The van der Waals surface area contributed by atoms with Crippen LogP contribution in [0.15, 0.2) is 42.5 Å². The van der Waals surface area contributed by atoms with E-state index < -0.39 is 17.4 Å². The van der Waals surface area contributed by atoms with Crippen LogP contribution in [-0.2, 0) is 6.42 Å². The van der Waals surface area contributed by atoms with Crippen molar-refractivity contribution in [3.63, 3.8) is 0 Å². The first-order valence-electron chi connectivity index (χ1n) is 5.72. The van der Waals surface area contributed by atoms with Gasteiger partial charge in [-0.25, -0.2) is 8.78 Å². The van der Waals surface area contributed by atoms with Gasteiger partial charge >= 0.3 is 0 Å². The molecule has 0 bridgehead atoms. The van der Waals surface area contributed by atoms with Crippen LogP contribution in [-0.4, -0.2) is 12.9 Å². The fraction of sp³-hybridized carbons (Fsp3) is 0.133. The van der Waals surface area contributed by atoms with Crippen molar-refractivity contribution < 1.29 is 18.3 Å². The maximum absolute atomic E-state index is 13.5. The number of methoxy groups -OCH3 is 1. The fourth-order valence-electron chi connectivity index (χ4n) is 1.78. The number of rotatable bonds is 4. The number of carbonyl (C=O) groups is 1. The number of hydrogen-bond donors (Lipinski definition) is 0. The summed E-state index contributed by atoms with van der Waals surface area (Å²) in [4.78, 5) is 11.9. The van der Waals surface area contributed by atoms with E-state index in [1.165, 1.54) is 19.2 Å². The number of carbonyl (C=O) groups excluding carboxylic acids is 1. The minimum Gasteiger partial charge on any atom is -0.497 e. The summed E-state index contributed by atoms with van der Waals surface area (Å²) in [6.07, 6.45) is -0.00241. The molecule has 2 aromatic carbocycles. The molecular formula is C15H12F2O2. The Labute approximate surface area is 109 Å². The van der Waals surface area contributed by atoms with Gasteiger partial charge in [-0.1, -0.05) is 18.2 Å². The third-order valence-electron chi connectivity index (χ3n) is 2.75. The van der Waals surface area contributed by atoms with Gasteiger partial charge in [0.1, 0.15) is 5.75 Å². The normalized spacial score (nSPS) is 10.3. The highest BCUT2D eigenvalue weighted by Crippen LogP contribution is 2.17. The molecule has 2 nitrogen and oxygen atoms in total. The van der Waals surface area contributed by atoms with Crippen molar-refractivity contribution >= 4 is 5.78 Å². The third-order valence-corrected chi connectivity index (χ3v) is 2.75. The number of ether oxygens (including phenoxy) is 1. The highest BCUT2D eigenvalue weighted by Gasteiger charge is 2.15. The zero-order valence-corrected chi connectivity index (χ0v) is 10.3. The van der Waals surface area contributed by atoms with Gasteiger partial charge in [0, 0.05) is 6.42 Å². The van der Waals surface area contributed by atoms with E-state index in [1.807, 2.05) is 0 Å². The maximum atomic E-state index is 13.5. The lowest BCUT2D eigenvalue weighted by molar-refractivity contribution is 0.0988. The third kappa shape index (κ3) is 2.96. The van der Waals surface area contributed by atoms with Crippen molar-refractivity contribution in [3.05, 3.63) is 65.2 Å². The molecule has 0 radical (unpaired) electrons. The van der Waals surface area contributed by atoms with E-state index in [9.17, 15) is 13.6 Å². The Morgan fingerprint density at radius 2 is 1.89 bits per heavy atom. The lowest BCUT2D eigenvalue weighted by Crippen LogP contribution is -2.07.